The van der Waals surface area contributed by atoms with Gasteiger partial charge in [0.25, 0.3) is 0 Å². The summed E-state index contributed by atoms with van der Waals surface area (Å²) in [5.74, 6) is 3.65. The zero-order valence-corrected chi connectivity index (χ0v) is 22.8. The van der Waals surface area contributed by atoms with E-state index < -0.39 is 24.2 Å². The van der Waals surface area contributed by atoms with Crippen molar-refractivity contribution in [2.24, 2.45) is 4.07 Å². The van der Waals surface area contributed by atoms with Crippen molar-refractivity contribution in [3.8, 4) is 0 Å². The SMILES string of the molecule is CC(C)[Si]([C-]=[N+]=[N][Ge][CH]([Si](C)(C)C)[Si](C)(C)C)(C(C)C)C(C)C. The molecule has 0 aromatic heterocycles. The van der Waals surface area contributed by atoms with E-state index in [1.54, 1.807) is 0 Å². The van der Waals surface area contributed by atoms with E-state index >= 15 is 0 Å². The average molecular weight is 429 g/mol. The maximum atomic E-state index is 4.78. The molecule has 0 aliphatic carbocycles. The van der Waals surface area contributed by atoms with Crippen LogP contribution in [0.3, 0.4) is 0 Å². The first-order valence-electron chi connectivity index (χ1n) is 9.09. The Labute approximate surface area is 155 Å². The molecular weight excluding hydrogens is 389 g/mol. The first-order valence-corrected chi connectivity index (χ1v) is 20.6. The molecule has 0 aliphatic heterocycles. The first kappa shape index (κ1) is 23.6. The Kier molecular flexibility index (Phi) is 9.01. The van der Waals surface area contributed by atoms with Gasteiger partial charge in [0.05, 0.1) is 0 Å². The Morgan fingerprint density at radius 1 is 0.739 bits per heavy atom. The summed E-state index contributed by atoms with van der Waals surface area (Å²) in [6, 6.07) is 0. The Morgan fingerprint density at radius 3 is 1.35 bits per heavy atom. The van der Waals surface area contributed by atoms with Crippen LogP contribution in [0.25, 0.3) is 0 Å². The molecule has 6 heteroatoms. The van der Waals surface area contributed by atoms with Crippen molar-refractivity contribution in [3.05, 3.63) is 0 Å². The van der Waals surface area contributed by atoms with Gasteiger partial charge in [0.2, 0.25) is 0 Å². The number of nitrogens with zero attached hydrogens (tertiary/aromatic N) is 2. The predicted octanol–water partition coefficient (Wildman–Crippen LogP) is 5.98. The van der Waals surface area contributed by atoms with Crippen molar-refractivity contribution in [3.63, 3.8) is 0 Å². The Balaban J connectivity index is 5.50. The van der Waals surface area contributed by atoms with Crippen LogP contribution in [0, 0.1) is 0 Å². The molecule has 0 unspecified atom stereocenters. The van der Waals surface area contributed by atoms with Crippen molar-refractivity contribution in [1.29, 1.82) is 0 Å². The second-order valence-electron chi connectivity index (χ2n) is 10.0. The van der Waals surface area contributed by atoms with Crippen LogP contribution >= 0.6 is 0 Å². The van der Waals surface area contributed by atoms with Crippen LogP contribution in [0.5, 0.6) is 0 Å². The summed E-state index contributed by atoms with van der Waals surface area (Å²) in [6.07, 6.45) is 0. The zero-order chi connectivity index (χ0) is 18.6. The van der Waals surface area contributed by atoms with E-state index in [4.69, 9.17) is 4.07 Å². The molecule has 2 radical (unpaired) electrons. The first-order chi connectivity index (χ1) is 10.2. The van der Waals surface area contributed by atoms with Crippen molar-refractivity contribution >= 4 is 45.7 Å². The molecule has 0 amide bonds. The molecule has 0 atom stereocenters. The van der Waals surface area contributed by atoms with E-state index in [2.05, 4.69) is 91.5 Å². The molecule has 0 aromatic rings. The molecular formula is C17H40GeN2Si3. The van der Waals surface area contributed by atoms with Crippen LogP contribution in [0.15, 0.2) is 4.07 Å². The monoisotopic (exact) mass is 430 g/mol. The third-order valence-corrected chi connectivity index (χ3v) is 33.2. The molecule has 23 heavy (non-hydrogen) atoms. The molecule has 0 spiro atoms. The fraction of sp³-hybridized carbons (Fsp3) is 0.941. The van der Waals surface area contributed by atoms with Gasteiger partial charge in [-0.2, -0.15) is 0 Å². The molecule has 0 heterocycles. The van der Waals surface area contributed by atoms with Crippen molar-refractivity contribution in [2.75, 3.05) is 0 Å². The van der Waals surface area contributed by atoms with Crippen LogP contribution in [0.2, 0.25) is 59.9 Å². The van der Waals surface area contributed by atoms with Crippen molar-refractivity contribution < 1.29 is 4.79 Å². The van der Waals surface area contributed by atoms with Gasteiger partial charge < -0.3 is 0 Å². The van der Waals surface area contributed by atoms with Gasteiger partial charge in [-0.1, -0.05) is 0 Å². The number of hydrogen-bond donors (Lipinski definition) is 0. The van der Waals surface area contributed by atoms with E-state index in [9.17, 15) is 0 Å². The molecule has 0 aromatic carbocycles. The van der Waals surface area contributed by atoms with Gasteiger partial charge in [-0.25, -0.2) is 0 Å². The van der Waals surface area contributed by atoms with E-state index in [0.717, 1.165) is 4.00 Å². The average Bonchev–Trinajstić information content (AvgIpc) is 2.28. The fourth-order valence-electron chi connectivity index (χ4n) is 4.27. The molecule has 0 saturated heterocycles. The Hall–Kier alpha value is 0.574. The summed E-state index contributed by atoms with van der Waals surface area (Å²) in [4.78, 5) is 4.61. The molecule has 0 N–H and O–H groups in total. The third kappa shape index (κ3) is 6.42. The van der Waals surface area contributed by atoms with Crippen LogP contribution < -0.4 is 0 Å². The number of rotatable bonds is 8. The quantitative estimate of drug-likeness (QED) is 0.149. The Morgan fingerprint density at radius 2 is 1.09 bits per heavy atom. The minimum absolute atomic E-state index is 0.344. The van der Waals surface area contributed by atoms with Crippen molar-refractivity contribution in [2.45, 2.75) is 101 Å². The summed E-state index contributed by atoms with van der Waals surface area (Å²) in [5, 5.41) is 0. The topological polar surface area (TPSA) is 26.5 Å². The summed E-state index contributed by atoms with van der Waals surface area (Å²) in [7, 11) is -3.93. The Bertz CT molecular complexity index is 392. The second kappa shape index (κ2) is 8.79. The summed E-state index contributed by atoms with van der Waals surface area (Å²) in [6.45, 7) is 29.2. The van der Waals surface area contributed by atoms with Crippen LogP contribution in [0.4, 0.5) is 0 Å². The molecule has 0 aliphatic rings. The molecule has 0 saturated carbocycles. The summed E-state index contributed by atoms with van der Waals surface area (Å²) in [5.41, 5.74) is 2.02. The third-order valence-electron chi connectivity index (χ3n) is 5.08. The van der Waals surface area contributed by atoms with Gasteiger partial charge in [-0.15, -0.1) is 0 Å². The van der Waals surface area contributed by atoms with Gasteiger partial charge in [0, 0.05) is 0 Å². The molecule has 0 fully saturated rings. The second-order valence-corrected chi connectivity index (χ2v) is 31.3. The summed E-state index contributed by atoms with van der Waals surface area (Å²) >= 11 is -0.344. The van der Waals surface area contributed by atoms with Gasteiger partial charge in [-0.3, -0.25) is 0 Å². The van der Waals surface area contributed by atoms with Gasteiger partial charge in [0.1, 0.15) is 0 Å². The van der Waals surface area contributed by atoms with E-state index in [1.165, 1.54) is 0 Å². The predicted molar refractivity (Wildman–Crippen MR) is 115 cm³/mol. The van der Waals surface area contributed by atoms with Gasteiger partial charge >= 0.3 is 156 Å². The van der Waals surface area contributed by atoms with Gasteiger partial charge in [0.15, 0.2) is 0 Å². The van der Waals surface area contributed by atoms with E-state index in [0.29, 0.717) is 16.6 Å². The standard InChI is InChI=1S/C17H40GeN2Si3/c1-14(2)23(15(3)4,16(5)6)13-19-20-18-17(21(7,8)9)22(10,11)12/h14-17H,1-12H3. The molecule has 2 nitrogen and oxygen atoms in total. The van der Waals surface area contributed by atoms with Crippen LogP contribution in [-0.2, 0) is 0 Å². The molecule has 134 valence electrons. The van der Waals surface area contributed by atoms with Crippen LogP contribution in [-0.4, -0.2) is 50.5 Å². The fourth-order valence-corrected chi connectivity index (χ4v) is 26.6. The van der Waals surface area contributed by atoms with E-state index in [1.807, 2.05) is 0 Å². The van der Waals surface area contributed by atoms with E-state index in [-0.39, 0.29) is 15.7 Å². The molecule has 0 bridgehead atoms. The van der Waals surface area contributed by atoms with Gasteiger partial charge in [-0.05, 0) is 0 Å². The summed E-state index contributed by atoms with van der Waals surface area (Å²) < 4.78 is 5.69. The maximum absolute atomic E-state index is 4.78. The minimum atomic E-state index is -1.66. The van der Waals surface area contributed by atoms with Crippen LogP contribution in [0.1, 0.15) is 41.5 Å². The normalized spacial score (nSPS) is 13.9. The number of hydrogen-bond acceptors (Lipinski definition) is 1. The molecule has 0 rings (SSSR count). The zero-order valence-electron chi connectivity index (χ0n) is 17.7. The van der Waals surface area contributed by atoms with Crippen molar-refractivity contribution in [1.82, 2.24) is 0 Å².